The fourth-order valence-corrected chi connectivity index (χ4v) is 4.20. The lowest BCUT2D eigenvalue weighted by molar-refractivity contribution is -0.151. The van der Waals surface area contributed by atoms with Gasteiger partial charge in [-0.15, -0.1) is 11.8 Å². The lowest BCUT2D eigenvalue weighted by Gasteiger charge is -2.30. The summed E-state index contributed by atoms with van der Waals surface area (Å²) in [4.78, 5) is 25.8. The number of nitrogens with zero attached hydrogens (tertiary/aromatic N) is 1. The maximum atomic E-state index is 12.7. The molecule has 0 bridgehead atoms. The summed E-state index contributed by atoms with van der Waals surface area (Å²) in [6.07, 6.45) is 5.62. The molecule has 0 saturated carbocycles. The van der Waals surface area contributed by atoms with Gasteiger partial charge in [-0.05, 0) is 19.3 Å². The SMILES string of the molecule is CCCCC(CC)C(=O)N1C(CCC)SCC1C(=O)O. The van der Waals surface area contributed by atoms with Crippen LogP contribution >= 0.6 is 11.8 Å². The molecule has 1 saturated heterocycles. The minimum Gasteiger partial charge on any atom is -0.480 e. The molecule has 0 aromatic heterocycles. The summed E-state index contributed by atoms with van der Waals surface area (Å²) >= 11 is 1.62. The van der Waals surface area contributed by atoms with Gasteiger partial charge >= 0.3 is 5.97 Å². The van der Waals surface area contributed by atoms with Gasteiger partial charge in [-0.3, -0.25) is 4.79 Å². The molecule has 20 heavy (non-hydrogen) atoms. The van der Waals surface area contributed by atoms with E-state index in [0.29, 0.717) is 5.75 Å². The van der Waals surface area contributed by atoms with Crippen molar-refractivity contribution in [1.29, 1.82) is 0 Å². The van der Waals surface area contributed by atoms with Crippen LogP contribution in [0.5, 0.6) is 0 Å². The van der Waals surface area contributed by atoms with Crippen LogP contribution in [0, 0.1) is 5.92 Å². The molecule has 4 nitrogen and oxygen atoms in total. The molecule has 1 rings (SSSR count). The van der Waals surface area contributed by atoms with E-state index in [1.54, 1.807) is 16.7 Å². The van der Waals surface area contributed by atoms with Crippen molar-refractivity contribution < 1.29 is 14.7 Å². The summed E-state index contributed by atoms with van der Waals surface area (Å²) in [6.45, 7) is 6.21. The van der Waals surface area contributed by atoms with Crippen molar-refractivity contribution >= 4 is 23.6 Å². The standard InChI is InChI=1S/C15H27NO3S/c1-4-7-9-11(6-3)14(17)16-12(15(18)19)10-20-13(16)8-5-2/h11-13H,4-10H2,1-3H3,(H,18,19). The summed E-state index contributed by atoms with van der Waals surface area (Å²) in [7, 11) is 0. The van der Waals surface area contributed by atoms with Gasteiger partial charge in [0.25, 0.3) is 0 Å². The van der Waals surface area contributed by atoms with Crippen LogP contribution in [0.2, 0.25) is 0 Å². The molecule has 1 N–H and O–H groups in total. The average molecular weight is 301 g/mol. The van der Waals surface area contributed by atoms with Crippen LogP contribution in [0.1, 0.15) is 59.3 Å². The van der Waals surface area contributed by atoms with Gasteiger partial charge in [0.1, 0.15) is 6.04 Å². The van der Waals surface area contributed by atoms with Crippen LogP contribution in [0.15, 0.2) is 0 Å². The lowest BCUT2D eigenvalue weighted by Crippen LogP contribution is -2.48. The van der Waals surface area contributed by atoms with E-state index >= 15 is 0 Å². The van der Waals surface area contributed by atoms with E-state index in [2.05, 4.69) is 13.8 Å². The third kappa shape index (κ3) is 4.14. The Kier molecular flexibility index (Phi) is 7.41. The van der Waals surface area contributed by atoms with Gasteiger partial charge in [0.15, 0.2) is 0 Å². The Bertz CT molecular complexity index is 335. The molecular formula is C15H27NO3S. The van der Waals surface area contributed by atoms with E-state index in [1.807, 2.05) is 6.92 Å². The van der Waals surface area contributed by atoms with Gasteiger partial charge < -0.3 is 10.0 Å². The van der Waals surface area contributed by atoms with Gasteiger partial charge in [0.05, 0.1) is 5.37 Å². The van der Waals surface area contributed by atoms with E-state index < -0.39 is 12.0 Å². The van der Waals surface area contributed by atoms with Gasteiger partial charge in [-0.2, -0.15) is 0 Å². The minimum atomic E-state index is -0.866. The molecule has 0 aliphatic carbocycles. The van der Waals surface area contributed by atoms with E-state index in [-0.39, 0.29) is 17.2 Å². The molecular weight excluding hydrogens is 274 g/mol. The van der Waals surface area contributed by atoms with Crippen LogP contribution in [0.4, 0.5) is 0 Å². The summed E-state index contributed by atoms with van der Waals surface area (Å²) < 4.78 is 0. The van der Waals surface area contributed by atoms with E-state index in [0.717, 1.165) is 38.5 Å². The zero-order valence-corrected chi connectivity index (χ0v) is 13.6. The molecule has 0 aromatic carbocycles. The van der Waals surface area contributed by atoms with Crippen LogP contribution in [0.25, 0.3) is 0 Å². The molecule has 1 aliphatic rings. The maximum Gasteiger partial charge on any atom is 0.327 e. The number of carboxylic acids is 1. The minimum absolute atomic E-state index is 0.0187. The van der Waals surface area contributed by atoms with Crippen LogP contribution < -0.4 is 0 Å². The second-order valence-corrected chi connectivity index (χ2v) is 6.63. The van der Waals surface area contributed by atoms with Gasteiger partial charge in [-0.25, -0.2) is 4.79 Å². The number of thioether (sulfide) groups is 1. The fourth-order valence-electron chi connectivity index (χ4n) is 2.68. The van der Waals surface area contributed by atoms with Crippen molar-refractivity contribution in [2.45, 2.75) is 70.7 Å². The Balaban J connectivity index is 2.83. The molecule has 5 heteroatoms. The zero-order valence-electron chi connectivity index (χ0n) is 12.8. The molecule has 1 fully saturated rings. The van der Waals surface area contributed by atoms with Crippen molar-refractivity contribution in [3.8, 4) is 0 Å². The van der Waals surface area contributed by atoms with E-state index in [1.165, 1.54) is 0 Å². The number of hydrogen-bond donors (Lipinski definition) is 1. The van der Waals surface area contributed by atoms with Crippen molar-refractivity contribution in [3.05, 3.63) is 0 Å². The Morgan fingerprint density at radius 1 is 1.30 bits per heavy atom. The highest BCUT2D eigenvalue weighted by Gasteiger charge is 2.42. The first-order valence-corrected chi connectivity index (χ1v) is 8.78. The van der Waals surface area contributed by atoms with Gasteiger partial charge in [0.2, 0.25) is 5.91 Å². The second-order valence-electron chi connectivity index (χ2n) is 5.42. The van der Waals surface area contributed by atoms with Gasteiger partial charge in [0, 0.05) is 11.7 Å². The molecule has 116 valence electrons. The molecule has 1 aliphatic heterocycles. The second kappa shape index (κ2) is 8.55. The number of carboxylic acid groups (broad SMARTS) is 1. The first-order chi connectivity index (χ1) is 9.56. The zero-order chi connectivity index (χ0) is 15.1. The third-order valence-electron chi connectivity index (χ3n) is 3.92. The molecule has 3 atom stereocenters. The Morgan fingerprint density at radius 3 is 2.50 bits per heavy atom. The smallest absolute Gasteiger partial charge is 0.327 e. The van der Waals surface area contributed by atoms with Crippen LogP contribution in [-0.4, -0.2) is 39.1 Å². The third-order valence-corrected chi connectivity index (χ3v) is 5.27. The summed E-state index contributed by atoms with van der Waals surface area (Å²) in [5.41, 5.74) is 0. The van der Waals surface area contributed by atoms with Crippen molar-refractivity contribution in [3.63, 3.8) is 0 Å². The molecule has 0 radical (unpaired) electrons. The van der Waals surface area contributed by atoms with Crippen molar-refractivity contribution in [2.24, 2.45) is 5.92 Å². The number of rotatable bonds is 8. The molecule has 1 amide bonds. The van der Waals surface area contributed by atoms with E-state index in [9.17, 15) is 14.7 Å². The van der Waals surface area contributed by atoms with Gasteiger partial charge in [-0.1, -0.05) is 40.0 Å². The molecule has 3 unspecified atom stereocenters. The first kappa shape index (κ1) is 17.3. The summed E-state index contributed by atoms with van der Waals surface area (Å²) in [5.74, 6) is -0.308. The fraction of sp³-hybridized carbons (Fsp3) is 0.867. The Hall–Kier alpha value is -0.710. The summed E-state index contributed by atoms with van der Waals surface area (Å²) in [5, 5.41) is 9.39. The predicted octanol–water partition coefficient (Wildman–Crippen LogP) is 3.36. The number of carbonyl (C=O) groups excluding carboxylic acids is 1. The highest BCUT2D eigenvalue weighted by molar-refractivity contribution is 8.00. The average Bonchev–Trinajstić information content (AvgIpc) is 2.83. The predicted molar refractivity (Wildman–Crippen MR) is 82.7 cm³/mol. The molecule has 1 heterocycles. The molecule has 0 aromatic rings. The topological polar surface area (TPSA) is 57.6 Å². The number of unbranched alkanes of at least 4 members (excludes halogenated alkanes) is 1. The first-order valence-electron chi connectivity index (χ1n) is 7.73. The number of amides is 1. The summed E-state index contributed by atoms with van der Waals surface area (Å²) in [6, 6.07) is -0.639. The normalized spacial score (nSPS) is 23.9. The maximum absolute atomic E-state index is 12.7. The number of aliphatic carboxylic acids is 1. The Labute approximate surface area is 126 Å². The molecule has 0 spiro atoms. The van der Waals surface area contributed by atoms with Crippen molar-refractivity contribution in [1.82, 2.24) is 4.90 Å². The quantitative estimate of drug-likeness (QED) is 0.747. The monoisotopic (exact) mass is 301 g/mol. The highest BCUT2D eigenvalue weighted by atomic mass is 32.2. The van der Waals surface area contributed by atoms with Crippen LogP contribution in [0.3, 0.4) is 0 Å². The number of carbonyl (C=O) groups is 2. The largest absolute Gasteiger partial charge is 0.480 e. The van der Waals surface area contributed by atoms with Crippen molar-refractivity contribution in [2.75, 3.05) is 5.75 Å². The Morgan fingerprint density at radius 2 is 2.00 bits per heavy atom. The van der Waals surface area contributed by atoms with Crippen LogP contribution in [-0.2, 0) is 9.59 Å². The van der Waals surface area contributed by atoms with E-state index in [4.69, 9.17) is 0 Å². The number of hydrogen-bond acceptors (Lipinski definition) is 3. The lowest BCUT2D eigenvalue weighted by atomic mass is 9.97. The highest BCUT2D eigenvalue weighted by Crippen LogP contribution is 2.34.